The number of hydrogen-bond acceptors (Lipinski definition) is 2. The molecule has 2 nitrogen and oxygen atoms in total. The summed E-state index contributed by atoms with van der Waals surface area (Å²) in [6, 6.07) is 18.2. The zero-order valence-electron chi connectivity index (χ0n) is 11.6. The minimum Gasteiger partial charge on any atom is -0.325 e. The molecule has 0 aromatic heterocycles. The number of aryl methyl sites for hydroxylation is 1. The molecule has 1 N–H and O–H groups in total. The Labute approximate surface area is 124 Å². The summed E-state index contributed by atoms with van der Waals surface area (Å²) in [5.74, 6) is 0.0856. The molecule has 2 aromatic carbocycles. The molecule has 0 spiro atoms. The van der Waals surface area contributed by atoms with Gasteiger partial charge in [0.2, 0.25) is 5.91 Å². The Morgan fingerprint density at radius 1 is 1.05 bits per heavy atom. The van der Waals surface area contributed by atoms with E-state index in [4.69, 9.17) is 0 Å². The van der Waals surface area contributed by atoms with E-state index >= 15 is 0 Å². The average molecular weight is 285 g/mol. The highest BCUT2D eigenvalue weighted by atomic mass is 32.2. The molecule has 0 saturated carbocycles. The Balaban J connectivity index is 1.81. The first-order valence-corrected chi connectivity index (χ1v) is 7.99. The molecule has 0 radical (unpaired) electrons. The highest BCUT2D eigenvalue weighted by molar-refractivity contribution is 7.98. The summed E-state index contributed by atoms with van der Waals surface area (Å²) < 4.78 is 0. The molecule has 2 rings (SSSR count). The third kappa shape index (κ3) is 4.42. The van der Waals surface area contributed by atoms with E-state index in [1.807, 2.05) is 48.7 Å². The van der Waals surface area contributed by atoms with Crippen molar-refractivity contribution in [3.63, 3.8) is 0 Å². The predicted octanol–water partition coefficient (Wildman–Crippen LogP) is 4.37. The highest BCUT2D eigenvalue weighted by Crippen LogP contribution is 2.24. The van der Waals surface area contributed by atoms with Gasteiger partial charge in [-0.2, -0.15) is 0 Å². The van der Waals surface area contributed by atoms with Gasteiger partial charge in [-0.15, -0.1) is 11.8 Å². The van der Waals surface area contributed by atoms with Gasteiger partial charge < -0.3 is 5.32 Å². The molecule has 0 aliphatic carbocycles. The van der Waals surface area contributed by atoms with Gasteiger partial charge in [0.05, 0.1) is 5.69 Å². The van der Waals surface area contributed by atoms with Gasteiger partial charge in [0, 0.05) is 11.3 Å². The van der Waals surface area contributed by atoms with E-state index in [1.54, 1.807) is 11.8 Å². The fraction of sp³-hybridized carbons (Fsp3) is 0.235. The summed E-state index contributed by atoms with van der Waals surface area (Å²) in [6.45, 7) is 0. The van der Waals surface area contributed by atoms with Crippen molar-refractivity contribution in [2.24, 2.45) is 0 Å². The number of benzene rings is 2. The van der Waals surface area contributed by atoms with Gasteiger partial charge in [-0.3, -0.25) is 4.79 Å². The molecule has 0 aliphatic rings. The van der Waals surface area contributed by atoms with E-state index in [1.165, 1.54) is 5.56 Å². The quantitative estimate of drug-likeness (QED) is 0.798. The maximum Gasteiger partial charge on any atom is 0.224 e. The third-order valence-electron chi connectivity index (χ3n) is 3.09. The van der Waals surface area contributed by atoms with Gasteiger partial charge in [0.25, 0.3) is 0 Å². The standard InChI is InChI=1S/C17H19NOS/c1-20-16-12-6-5-11-15(16)18-17(19)13-7-10-14-8-3-2-4-9-14/h2-6,8-9,11-12H,7,10,13H2,1H3,(H,18,19). The molecule has 20 heavy (non-hydrogen) atoms. The van der Waals surface area contributed by atoms with Crippen molar-refractivity contribution in [2.45, 2.75) is 24.2 Å². The number of carbonyl (C=O) groups excluding carboxylic acids is 1. The number of nitrogens with one attached hydrogen (secondary N) is 1. The molecule has 104 valence electrons. The van der Waals surface area contributed by atoms with Crippen LogP contribution in [0.3, 0.4) is 0 Å². The number of thioether (sulfide) groups is 1. The van der Waals surface area contributed by atoms with Crippen molar-refractivity contribution in [1.82, 2.24) is 0 Å². The van der Waals surface area contributed by atoms with E-state index in [0.717, 1.165) is 23.4 Å². The molecule has 0 unspecified atom stereocenters. The summed E-state index contributed by atoms with van der Waals surface area (Å²) in [5, 5.41) is 2.99. The number of hydrogen-bond donors (Lipinski definition) is 1. The van der Waals surface area contributed by atoms with Crippen LogP contribution < -0.4 is 5.32 Å². The summed E-state index contributed by atoms with van der Waals surface area (Å²) >= 11 is 1.64. The van der Waals surface area contributed by atoms with Gasteiger partial charge in [-0.25, -0.2) is 0 Å². The minimum absolute atomic E-state index is 0.0856. The van der Waals surface area contributed by atoms with Crippen LogP contribution in [0.15, 0.2) is 59.5 Å². The largest absolute Gasteiger partial charge is 0.325 e. The fourth-order valence-corrected chi connectivity index (χ4v) is 2.61. The molecule has 0 heterocycles. The maximum atomic E-state index is 12.0. The monoisotopic (exact) mass is 285 g/mol. The Kier molecular flexibility index (Phi) is 5.69. The average Bonchev–Trinajstić information content (AvgIpc) is 2.49. The van der Waals surface area contributed by atoms with Crippen LogP contribution in [0.25, 0.3) is 0 Å². The number of carbonyl (C=O) groups is 1. The van der Waals surface area contributed by atoms with Crippen LogP contribution in [-0.4, -0.2) is 12.2 Å². The topological polar surface area (TPSA) is 29.1 Å². The van der Waals surface area contributed by atoms with Crippen molar-refractivity contribution in [1.29, 1.82) is 0 Å². The molecule has 0 fully saturated rings. The minimum atomic E-state index is 0.0856. The van der Waals surface area contributed by atoms with E-state index in [2.05, 4.69) is 17.4 Å². The number of rotatable bonds is 6. The van der Waals surface area contributed by atoms with Gasteiger partial charge in [-0.1, -0.05) is 42.5 Å². The molecule has 0 bridgehead atoms. The zero-order chi connectivity index (χ0) is 14.2. The van der Waals surface area contributed by atoms with E-state index < -0.39 is 0 Å². The lowest BCUT2D eigenvalue weighted by molar-refractivity contribution is -0.116. The Bertz CT molecular complexity index is 554. The van der Waals surface area contributed by atoms with Crippen LogP contribution >= 0.6 is 11.8 Å². The summed E-state index contributed by atoms with van der Waals surface area (Å²) in [7, 11) is 0. The van der Waals surface area contributed by atoms with Gasteiger partial charge in [0.1, 0.15) is 0 Å². The van der Waals surface area contributed by atoms with Crippen molar-refractivity contribution in [3.8, 4) is 0 Å². The van der Waals surface area contributed by atoms with Crippen LogP contribution in [0.5, 0.6) is 0 Å². The second-order valence-corrected chi connectivity index (χ2v) is 5.44. The first-order chi connectivity index (χ1) is 9.79. The van der Waals surface area contributed by atoms with Crippen molar-refractivity contribution in [3.05, 3.63) is 60.2 Å². The van der Waals surface area contributed by atoms with Crippen LogP contribution in [0.2, 0.25) is 0 Å². The van der Waals surface area contributed by atoms with Crippen molar-refractivity contribution >= 4 is 23.4 Å². The Morgan fingerprint density at radius 3 is 2.50 bits per heavy atom. The second kappa shape index (κ2) is 7.75. The van der Waals surface area contributed by atoms with E-state index in [0.29, 0.717) is 6.42 Å². The van der Waals surface area contributed by atoms with Crippen molar-refractivity contribution in [2.75, 3.05) is 11.6 Å². The second-order valence-electron chi connectivity index (χ2n) is 4.59. The lowest BCUT2D eigenvalue weighted by Crippen LogP contribution is -2.12. The number of para-hydroxylation sites is 1. The fourth-order valence-electron chi connectivity index (χ4n) is 2.06. The first kappa shape index (κ1) is 14.7. The van der Waals surface area contributed by atoms with Crippen molar-refractivity contribution < 1.29 is 4.79 Å². The van der Waals surface area contributed by atoms with Gasteiger partial charge >= 0.3 is 0 Å². The smallest absolute Gasteiger partial charge is 0.224 e. The SMILES string of the molecule is CSc1ccccc1NC(=O)CCCc1ccccc1. The van der Waals surface area contributed by atoms with E-state index in [9.17, 15) is 4.79 Å². The normalized spacial score (nSPS) is 10.2. The molecular formula is C17H19NOS. The number of anilines is 1. The molecule has 0 saturated heterocycles. The van der Waals surface area contributed by atoms with Gasteiger partial charge in [0.15, 0.2) is 0 Å². The predicted molar refractivity (Wildman–Crippen MR) is 86.2 cm³/mol. The van der Waals surface area contributed by atoms with Crippen LogP contribution in [0, 0.1) is 0 Å². The molecule has 0 atom stereocenters. The third-order valence-corrected chi connectivity index (χ3v) is 3.89. The Morgan fingerprint density at radius 2 is 1.75 bits per heavy atom. The molecule has 2 aromatic rings. The molecule has 0 aliphatic heterocycles. The Hall–Kier alpha value is -1.74. The van der Waals surface area contributed by atoms with Crippen LogP contribution in [0.4, 0.5) is 5.69 Å². The summed E-state index contributed by atoms with van der Waals surface area (Å²) in [5.41, 5.74) is 2.19. The van der Waals surface area contributed by atoms with Crippen LogP contribution in [-0.2, 0) is 11.2 Å². The molecular weight excluding hydrogens is 266 g/mol. The van der Waals surface area contributed by atoms with E-state index in [-0.39, 0.29) is 5.91 Å². The number of amides is 1. The first-order valence-electron chi connectivity index (χ1n) is 6.76. The van der Waals surface area contributed by atoms with Gasteiger partial charge in [-0.05, 0) is 36.8 Å². The summed E-state index contributed by atoms with van der Waals surface area (Å²) in [4.78, 5) is 13.1. The summed E-state index contributed by atoms with van der Waals surface area (Å²) in [6.07, 6.45) is 4.38. The zero-order valence-corrected chi connectivity index (χ0v) is 12.5. The lowest BCUT2D eigenvalue weighted by atomic mass is 10.1. The lowest BCUT2D eigenvalue weighted by Gasteiger charge is -2.09. The highest BCUT2D eigenvalue weighted by Gasteiger charge is 2.05. The molecule has 1 amide bonds. The molecule has 3 heteroatoms. The van der Waals surface area contributed by atoms with Crippen LogP contribution in [0.1, 0.15) is 18.4 Å². The maximum absolute atomic E-state index is 12.0.